The Morgan fingerprint density at radius 3 is 2.73 bits per heavy atom. The Hall–Kier alpha value is -3.49. The maximum Gasteiger partial charge on any atom is 0.288 e. The van der Waals surface area contributed by atoms with Crippen molar-refractivity contribution in [3.8, 4) is 5.75 Å². The molecule has 1 amide bonds. The molecular weight excluding hydrogens is 342 g/mol. The molecule has 1 N–H and O–H groups in total. The van der Waals surface area contributed by atoms with Crippen LogP contribution >= 0.6 is 0 Å². The molecular formula is C17H15N3O6. The highest BCUT2D eigenvalue weighted by Gasteiger charge is 2.25. The molecule has 9 nitrogen and oxygen atoms in total. The number of nitrogens with zero attached hydrogens (tertiary/aromatic N) is 2. The number of pyridine rings is 1. The Labute approximate surface area is 147 Å². The topological polar surface area (TPSA) is 121 Å². The number of aromatic nitrogens is 1. The largest absolute Gasteiger partial charge is 0.482 e. The van der Waals surface area contributed by atoms with Gasteiger partial charge in [0.05, 0.1) is 22.3 Å². The van der Waals surface area contributed by atoms with Gasteiger partial charge in [0.1, 0.15) is 5.75 Å². The van der Waals surface area contributed by atoms with Crippen molar-refractivity contribution in [3.63, 3.8) is 0 Å². The van der Waals surface area contributed by atoms with Crippen LogP contribution < -0.4 is 15.6 Å². The maximum atomic E-state index is 12.8. The van der Waals surface area contributed by atoms with E-state index >= 15 is 0 Å². The second kappa shape index (κ2) is 6.43. The highest BCUT2D eigenvalue weighted by molar-refractivity contribution is 6.02. The number of carbonyl (C=O) groups is 2. The van der Waals surface area contributed by atoms with E-state index in [2.05, 4.69) is 5.32 Å². The van der Waals surface area contributed by atoms with E-state index in [1.807, 2.05) is 0 Å². The maximum absolute atomic E-state index is 12.8. The molecule has 1 aromatic heterocycles. The molecule has 26 heavy (non-hydrogen) atoms. The Morgan fingerprint density at radius 1 is 1.31 bits per heavy atom. The molecule has 3 rings (SSSR count). The number of anilines is 1. The molecule has 1 unspecified atom stereocenters. The number of benzene rings is 1. The van der Waals surface area contributed by atoms with Crippen LogP contribution in [0.3, 0.4) is 0 Å². The molecule has 0 spiro atoms. The van der Waals surface area contributed by atoms with Crippen LogP contribution in [0.2, 0.25) is 0 Å². The van der Waals surface area contributed by atoms with Crippen LogP contribution in [0.25, 0.3) is 0 Å². The summed E-state index contributed by atoms with van der Waals surface area (Å²) in [5.74, 6) is -0.309. The third-order valence-corrected chi connectivity index (χ3v) is 4.21. The average molecular weight is 357 g/mol. The molecule has 1 aliphatic heterocycles. The van der Waals surface area contributed by atoms with Gasteiger partial charge in [-0.3, -0.25) is 29.1 Å². The van der Waals surface area contributed by atoms with Gasteiger partial charge in [-0.1, -0.05) is 0 Å². The van der Waals surface area contributed by atoms with Crippen molar-refractivity contribution < 1.29 is 19.2 Å². The van der Waals surface area contributed by atoms with E-state index in [0.717, 1.165) is 16.7 Å². The lowest BCUT2D eigenvalue weighted by molar-refractivity contribution is -0.386. The van der Waals surface area contributed by atoms with Gasteiger partial charge < -0.3 is 10.1 Å². The minimum atomic E-state index is -0.958. The minimum absolute atomic E-state index is 0.0953. The number of ketones is 1. The Morgan fingerprint density at radius 2 is 2.04 bits per heavy atom. The first-order chi connectivity index (χ1) is 12.3. The van der Waals surface area contributed by atoms with Crippen molar-refractivity contribution in [1.29, 1.82) is 0 Å². The Balaban J connectivity index is 2.00. The predicted molar refractivity (Wildman–Crippen MR) is 91.7 cm³/mol. The molecule has 1 aromatic carbocycles. The summed E-state index contributed by atoms with van der Waals surface area (Å²) in [6.07, 6.45) is 0. The Kier molecular flexibility index (Phi) is 4.29. The fourth-order valence-corrected chi connectivity index (χ4v) is 2.91. The third kappa shape index (κ3) is 2.94. The number of amides is 1. The zero-order chi connectivity index (χ0) is 19.0. The molecule has 0 fully saturated rings. The second-order valence-corrected chi connectivity index (χ2v) is 5.86. The van der Waals surface area contributed by atoms with Crippen LogP contribution in [0.5, 0.6) is 5.75 Å². The summed E-state index contributed by atoms with van der Waals surface area (Å²) in [7, 11) is 0. The fourth-order valence-electron chi connectivity index (χ4n) is 2.91. The first kappa shape index (κ1) is 17.3. The molecule has 1 atom stereocenters. The van der Waals surface area contributed by atoms with E-state index in [-0.39, 0.29) is 29.5 Å². The zero-order valence-corrected chi connectivity index (χ0v) is 14.0. The number of fused-ring (bicyclic) bond motifs is 1. The minimum Gasteiger partial charge on any atom is -0.482 e. The number of Topliss-reactive ketones (excluding diaryl/α,β-unsaturated/α-hetero) is 1. The monoisotopic (exact) mass is 357 g/mol. The lowest BCUT2D eigenvalue weighted by Gasteiger charge is -2.20. The van der Waals surface area contributed by atoms with Crippen molar-refractivity contribution in [2.24, 2.45) is 0 Å². The van der Waals surface area contributed by atoms with E-state index in [0.29, 0.717) is 11.4 Å². The van der Waals surface area contributed by atoms with Crippen LogP contribution in [0.4, 0.5) is 11.4 Å². The number of hydrogen-bond donors (Lipinski definition) is 1. The quantitative estimate of drug-likeness (QED) is 0.506. The van der Waals surface area contributed by atoms with E-state index in [1.165, 1.54) is 26.0 Å². The fraction of sp³-hybridized carbons (Fsp3) is 0.235. The van der Waals surface area contributed by atoms with Gasteiger partial charge in [-0.15, -0.1) is 0 Å². The predicted octanol–water partition coefficient (Wildman–Crippen LogP) is 1.84. The molecule has 0 radical (unpaired) electrons. The SMILES string of the molecule is Cc1c([N+](=O)[O-])ccc(=O)n1C(C)C(=O)c1ccc2c(c1)NC(=O)CO2. The van der Waals surface area contributed by atoms with Gasteiger partial charge >= 0.3 is 0 Å². The number of carbonyl (C=O) groups excluding carboxylic acids is 2. The first-order valence-electron chi connectivity index (χ1n) is 7.77. The summed E-state index contributed by atoms with van der Waals surface area (Å²) in [6.45, 7) is 2.82. The smallest absolute Gasteiger partial charge is 0.288 e. The molecule has 1 aliphatic rings. The van der Waals surface area contributed by atoms with Crippen molar-refractivity contribution in [2.45, 2.75) is 19.9 Å². The summed E-state index contributed by atoms with van der Waals surface area (Å²) in [5.41, 5.74) is -0.0425. The highest BCUT2D eigenvalue weighted by atomic mass is 16.6. The van der Waals surface area contributed by atoms with Gasteiger partial charge in [0.25, 0.3) is 17.2 Å². The van der Waals surface area contributed by atoms with E-state index < -0.39 is 22.3 Å². The number of nitrogens with one attached hydrogen (secondary N) is 1. The standard InChI is InChI=1S/C17H15N3O6/c1-9-13(20(24)25)4-6-16(22)19(9)10(2)17(23)11-3-5-14-12(7-11)18-15(21)8-26-14/h3-7,10H,8H2,1-2H3,(H,18,21). The van der Waals surface area contributed by atoms with Crippen LogP contribution in [0.15, 0.2) is 35.1 Å². The molecule has 134 valence electrons. The third-order valence-electron chi connectivity index (χ3n) is 4.21. The molecule has 9 heteroatoms. The van der Waals surface area contributed by atoms with Gasteiger partial charge in [-0.2, -0.15) is 0 Å². The summed E-state index contributed by atoms with van der Waals surface area (Å²) >= 11 is 0. The van der Waals surface area contributed by atoms with Gasteiger partial charge in [0, 0.05) is 17.7 Å². The Bertz CT molecular complexity index is 994. The summed E-state index contributed by atoms with van der Waals surface area (Å²) in [5, 5.41) is 13.7. The summed E-state index contributed by atoms with van der Waals surface area (Å²) in [4.78, 5) is 46.9. The van der Waals surface area contributed by atoms with Crippen molar-refractivity contribution in [1.82, 2.24) is 4.57 Å². The van der Waals surface area contributed by atoms with Gasteiger partial charge in [-0.05, 0) is 32.0 Å². The zero-order valence-electron chi connectivity index (χ0n) is 14.0. The normalized spacial score (nSPS) is 14.0. The lowest BCUT2D eigenvalue weighted by Crippen LogP contribution is -2.30. The molecule has 2 heterocycles. The van der Waals surface area contributed by atoms with Crippen LogP contribution in [-0.2, 0) is 4.79 Å². The molecule has 0 bridgehead atoms. The summed E-state index contributed by atoms with van der Waals surface area (Å²) < 4.78 is 6.33. The number of nitro groups is 1. The van der Waals surface area contributed by atoms with Crippen molar-refractivity contribution in [2.75, 3.05) is 11.9 Å². The average Bonchev–Trinajstić information content (AvgIpc) is 2.60. The number of rotatable bonds is 4. The molecule has 0 aliphatic carbocycles. The van der Waals surface area contributed by atoms with Crippen molar-refractivity contribution >= 4 is 23.1 Å². The highest BCUT2D eigenvalue weighted by Crippen LogP contribution is 2.30. The number of ether oxygens (including phenoxy) is 1. The van der Waals surface area contributed by atoms with Gasteiger partial charge in [-0.25, -0.2) is 0 Å². The molecule has 0 saturated heterocycles. The van der Waals surface area contributed by atoms with E-state index in [4.69, 9.17) is 4.74 Å². The van der Waals surface area contributed by atoms with Crippen LogP contribution in [0, 0.1) is 17.0 Å². The van der Waals surface area contributed by atoms with Crippen LogP contribution in [-0.4, -0.2) is 27.8 Å². The second-order valence-electron chi connectivity index (χ2n) is 5.86. The van der Waals surface area contributed by atoms with E-state index in [1.54, 1.807) is 6.07 Å². The van der Waals surface area contributed by atoms with Gasteiger partial charge in [0.15, 0.2) is 12.4 Å². The molecule has 0 saturated carbocycles. The molecule has 2 aromatic rings. The van der Waals surface area contributed by atoms with Gasteiger partial charge in [0.2, 0.25) is 0 Å². The first-order valence-corrected chi connectivity index (χ1v) is 7.77. The van der Waals surface area contributed by atoms with Crippen molar-refractivity contribution in [3.05, 3.63) is 62.1 Å². The van der Waals surface area contributed by atoms with Crippen LogP contribution in [0.1, 0.15) is 29.0 Å². The summed E-state index contributed by atoms with van der Waals surface area (Å²) in [6, 6.07) is 5.77. The van der Waals surface area contributed by atoms with E-state index in [9.17, 15) is 24.5 Å². The lowest BCUT2D eigenvalue weighted by atomic mass is 10.0. The number of hydrogen-bond acceptors (Lipinski definition) is 6.